The van der Waals surface area contributed by atoms with Crippen LogP contribution in [-0.2, 0) is 9.47 Å². The molecule has 0 aromatic carbocycles. The monoisotopic (exact) mass is 218 g/mol. The fourth-order valence-electron chi connectivity index (χ4n) is 1.21. The first kappa shape index (κ1) is 14.8. The number of methoxy groups -OCH3 is 1. The van der Waals surface area contributed by atoms with E-state index in [1.807, 2.05) is 6.92 Å². The molecule has 0 aromatic heterocycles. The highest BCUT2D eigenvalue weighted by molar-refractivity contribution is 4.54. The van der Waals surface area contributed by atoms with Crippen LogP contribution in [0, 0.1) is 0 Å². The predicted molar refractivity (Wildman–Crippen MR) is 63.4 cm³/mol. The zero-order valence-corrected chi connectivity index (χ0v) is 10.4. The maximum absolute atomic E-state index is 5.28. The molecule has 0 aliphatic carbocycles. The first-order valence-electron chi connectivity index (χ1n) is 5.77. The number of rotatable bonds is 11. The summed E-state index contributed by atoms with van der Waals surface area (Å²) in [7, 11) is 3.86. The maximum atomic E-state index is 5.28. The van der Waals surface area contributed by atoms with Crippen molar-refractivity contribution in [2.24, 2.45) is 0 Å². The van der Waals surface area contributed by atoms with Crippen molar-refractivity contribution in [1.82, 2.24) is 10.2 Å². The van der Waals surface area contributed by atoms with Crippen molar-refractivity contribution < 1.29 is 9.47 Å². The van der Waals surface area contributed by atoms with E-state index in [1.165, 1.54) is 0 Å². The van der Waals surface area contributed by atoms with E-state index in [0.29, 0.717) is 0 Å². The van der Waals surface area contributed by atoms with E-state index in [0.717, 1.165) is 52.4 Å². The van der Waals surface area contributed by atoms with Crippen molar-refractivity contribution in [2.45, 2.75) is 13.3 Å². The van der Waals surface area contributed by atoms with Gasteiger partial charge in [-0.25, -0.2) is 0 Å². The summed E-state index contributed by atoms with van der Waals surface area (Å²) in [4.78, 5) is 2.28. The van der Waals surface area contributed by atoms with Crippen LogP contribution in [0.25, 0.3) is 0 Å². The third-order valence-electron chi connectivity index (χ3n) is 2.19. The van der Waals surface area contributed by atoms with Gasteiger partial charge < -0.3 is 19.7 Å². The Labute approximate surface area is 93.9 Å². The highest BCUT2D eigenvalue weighted by Gasteiger charge is 1.96. The summed E-state index contributed by atoms with van der Waals surface area (Å²) in [6.45, 7) is 8.65. The summed E-state index contributed by atoms with van der Waals surface area (Å²) in [5.74, 6) is 0. The van der Waals surface area contributed by atoms with Crippen LogP contribution in [0.1, 0.15) is 13.3 Å². The first-order chi connectivity index (χ1) is 7.31. The quantitative estimate of drug-likeness (QED) is 0.514. The van der Waals surface area contributed by atoms with Gasteiger partial charge in [-0.1, -0.05) is 0 Å². The summed E-state index contributed by atoms with van der Waals surface area (Å²) in [5, 5.41) is 3.38. The lowest BCUT2D eigenvalue weighted by Crippen LogP contribution is -2.32. The minimum atomic E-state index is 0.809. The molecule has 0 bridgehead atoms. The third kappa shape index (κ3) is 11.8. The van der Waals surface area contributed by atoms with Crippen LogP contribution in [0.4, 0.5) is 0 Å². The Kier molecular flexibility index (Phi) is 11.8. The molecule has 0 rings (SSSR count). The van der Waals surface area contributed by atoms with Crippen molar-refractivity contribution in [3.05, 3.63) is 0 Å². The van der Waals surface area contributed by atoms with Crippen LogP contribution >= 0.6 is 0 Å². The van der Waals surface area contributed by atoms with Crippen LogP contribution in [0.5, 0.6) is 0 Å². The van der Waals surface area contributed by atoms with Gasteiger partial charge in [0, 0.05) is 40.0 Å². The normalized spacial score (nSPS) is 11.2. The Balaban J connectivity index is 3.06. The molecule has 15 heavy (non-hydrogen) atoms. The maximum Gasteiger partial charge on any atom is 0.0593 e. The van der Waals surface area contributed by atoms with Crippen molar-refractivity contribution >= 4 is 0 Å². The average Bonchev–Trinajstić information content (AvgIpc) is 2.23. The largest absolute Gasteiger partial charge is 0.385 e. The highest BCUT2D eigenvalue weighted by Crippen LogP contribution is 1.83. The van der Waals surface area contributed by atoms with Gasteiger partial charge in [0.05, 0.1) is 6.61 Å². The second kappa shape index (κ2) is 11.9. The molecule has 0 radical (unpaired) electrons. The van der Waals surface area contributed by atoms with E-state index in [-0.39, 0.29) is 0 Å². The summed E-state index contributed by atoms with van der Waals surface area (Å²) >= 11 is 0. The Morgan fingerprint density at radius 3 is 2.60 bits per heavy atom. The lowest BCUT2D eigenvalue weighted by atomic mass is 10.4. The smallest absolute Gasteiger partial charge is 0.0593 e. The van der Waals surface area contributed by atoms with Crippen molar-refractivity contribution in [3.63, 3.8) is 0 Å². The van der Waals surface area contributed by atoms with E-state index in [1.54, 1.807) is 7.11 Å². The minimum Gasteiger partial charge on any atom is -0.385 e. The fraction of sp³-hybridized carbons (Fsp3) is 1.00. The summed E-state index contributed by atoms with van der Waals surface area (Å²) in [6, 6.07) is 0. The summed E-state index contributed by atoms with van der Waals surface area (Å²) in [6.07, 6.45) is 1.08. The van der Waals surface area contributed by atoms with E-state index in [9.17, 15) is 0 Å². The van der Waals surface area contributed by atoms with E-state index < -0.39 is 0 Å². The van der Waals surface area contributed by atoms with Crippen LogP contribution in [0.15, 0.2) is 0 Å². The molecule has 0 saturated heterocycles. The molecule has 4 heteroatoms. The van der Waals surface area contributed by atoms with E-state index >= 15 is 0 Å². The SMILES string of the molecule is CCOCCN(C)CCNCCCOC. The minimum absolute atomic E-state index is 0.809. The Morgan fingerprint density at radius 1 is 1.13 bits per heavy atom. The highest BCUT2D eigenvalue weighted by atomic mass is 16.5. The first-order valence-corrected chi connectivity index (χ1v) is 5.77. The number of ether oxygens (including phenoxy) is 2. The van der Waals surface area contributed by atoms with Crippen molar-refractivity contribution in [2.75, 3.05) is 60.2 Å². The molecule has 0 aliphatic heterocycles. The molecule has 1 N–H and O–H groups in total. The van der Waals surface area contributed by atoms with Gasteiger partial charge in [0.2, 0.25) is 0 Å². The van der Waals surface area contributed by atoms with Gasteiger partial charge in [0.25, 0.3) is 0 Å². The number of nitrogens with one attached hydrogen (secondary N) is 1. The molecular weight excluding hydrogens is 192 g/mol. The summed E-state index contributed by atoms with van der Waals surface area (Å²) in [5.41, 5.74) is 0. The Morgan fingerprint density at radius 2 is 1.93 bits per heavy atom. The zero-order valence-electron chi connectivity index (χ0n) is 10.4. The van der Waals surface area contributed by atoms with Crippen molar-refractivity contribution in [3.8, 4) is 0 Å². The molecule has 0 spiro atoms. The molecular formula is C11H26N2O2. The topological polar surface area (TPSA) is 33.7 Å². The van der Waals surface area contributed by atoms with Gasteiger partial charge in [0.1, 0.15) is 0 Å². The molecule has 0 fully saturated rings. The van der Waals surface area contributed by atoms with Gasteiger partial charge in [-0.05, 0) is 26.9 Å². The molecule has 0 amide bonds. The van der Waals surface area contributed by atoms with Crippen molar-refractivity contribution in [1.29, 1.82) is 0 Å². The second-order valence-corrected chi connectivity index (χ2v) is 3.60. The number of likely N-dealkylation sites (N-methyl/N-ethyl adjacent to an activating group) is 1. The second-order valence-electron chi connectivity index (χ2n) is 3.60. The lowest BCUT2D eigenvalue weighted by molar-refractivity contribution is 0.122. The third-order valence-corrected chi connectivity index (χ3v) is 2.19. The van der Waals surface area contributed by atoms with Crippen LogP contribution in [-0.4, -0.2) is 65.1 Å². The lowest BCUT2D eigenvalue weighted by Gasteiger charge is -2.16. The van der Waals surface area contributed by atoms with E-state index in [2.05, 4.69) is 17.3 Å². The van der Waals surface area contributed by atoms with Crippen LogP contribution in [0.2, 0.25) is 0 Å². The van der Waals surface area contributed by atoms with Gasteiger partial charge in [-0.15, -0.1) is 0 Å². The van der Waals surface area contributed by atoms with Crippen LogP contribution in [0.3, 0.4) is 0 Å². The van der Waals surface area contributed by atoms with Gasteiger partial charge >= 0.3 is 0 Å². The molecule has 92 valence electrons. The molecule has 0 heterocycles. The molecule has 0 aliphatic rings. The van der Waals surface area contributed by atoms with Crippen LogP contribution < -0.4 is 5.32 Å². The van der Waals surface area contributed by atoms with Gasteiger partial charge in [-0.2, -0.15) is 0 Å². The Bertz CT molecular complexity index is 123. The average molecular weight is 218 g/mol. The molecule has 0 atom stereocenters. The standard InChI is InChI=1S/C11H26N2O2/c1-4-15-11-9-13(2)8-7-12-6-5-10-14-3/h12H,4-11H2,1-3H3. The molecule has 0 unspecified atom stereocenters. The molecule has 0 saturated carbocycles. The predicted octanol–water partition coefficient (Wildman–Crippen LogP) is 0.581. The fourth-order valence-corrected chi connectivity index (χ4v) is 1.21. The Hall–Kier alpha value is -0.160. The number of nitrogens with zero attached hydrogens (tertiary/aromatic N) is 1. The zero-order chi connectivity index (χ0) is 11.4. The molecule has 0 aromatic rings. The van der Waals surface area contributed by atoms with Gasteiger partial charge in [0.15, 0.2) is 0 Å². The molecule has 4 nitrogen and oxygen atoms in total. The summed E-state index contributed by atoms with van der Waals surface area (Å²) < 4.78 is 10.3. The van der Waals surface area contributed by atoms with E-state index in [4.69, 9.17) is 9.47 Å². The number of hydrogen-bond donors (Lipinski definition) is 1. The van der Waals surface area contributed by atoms with Gasteiger partial charge in [-0.3, -0.25) is 0 Å². The number of hydrogen-bond acceptors (Lipinski definition) is 4.